The third-order valence-electron chi connectivity index (χ3n) is 3.74. The van der Waals surface area contributed by atoms with E-state index in [1.54, 1.807) is 6.20 Å². The highest BCUT2D eigenvalue weighted by Crippen LogP contribution is 2.35. The molecule has 1 aliphatic carbocycles. The molecular weight excluding hydrogens is 236 g/mol. The molecule has 0 N–H and O–H groups in total. The maximum absolute atomic E-state index is 12.1. The lowest BCUT2D eigenvalue weighted by molar-refractivity contribution is 0.0910. The van der Waals surface area contributed by atoms with Gasteiger partial charge in [0, 0.05) is 42.8 Å². The Morgan fingerprint density at radius 1 is 1.32 bits per heavy atom. The van der Waals surface area contributed by atoms with Gasteiger partial charge in [0.05, 0.1) is 0 Å². The van der Waals surface area contributed by atoms with Crippen molar-refractivity contribution in [3.05, 3.63) is 53.6 Å². The van der Waals surface area contributed by atoms with Crippen LogP contribution >= 0.6 is 0 Å². The van der Waals surface area contributed by atoms with Gasteiger partial charge in [-0.25, -0.2) is 0 Å². The summed E-state index contributed by atoms with van der Waals surface area (Å²) >= 11 is 0. The van der Waals surface area contributed by atoms with Gasteiger partial charge in [0.25, 0.3) is 0 Å². The zero-order chi connectivity index (χ0) is 13.5. The SMILES string of the molecule is CC1(C)CC(=O)c2ccn(Cc3cccnc3)c2C1. The molecule has 0 unspecified atom stereocenters. The number of pyridine rings is 1. The normalized spacial score (nSPS) is 17.3. The highest BCUT2D eigenvalue weighted by atomic mass is 16.1. The standard InChI is InChI=1S/C16H18N2O/c1-16(2)8-14-13(15(19)9-16)5-7-18(14)11-12-4-3-6-17-10-12/h3-7,10H,8-9,11H2,1-2H3. The molecule has 2 heterocycles. The van der Waals surface area contributed by atoms with Crippen molar-refractivity contribution >= 4 is 5.78 Å². The van der Waals surface area contributed by atoms with Gasteiger partial charge in [0.15, 0.2) is 5.78 Å². The van der Waals surface area contributed by atoms with Crippen LogP contribution < -0.4 is 0 Å². The average molecular weight is 254 g/mol. The minimum absolute atomic E-state index is 0.0646. The van der Waals surface area contributed by atoms with Crippen molar-refractivity contribution in [1.29, 1.82) is 0 Å². The molecule has 0 aliphatic heterocycles. The third kappa shape index (κ3) is 2.33. The van der Waals surface area contributed by atoms with E-state index in [2.05, 4.69) is 29.5 Å². The monoisotopic (exact) mass is 254 g/mol. The molecule has 0 spiro atoms. The first kappa shape index (κ1) is 12.2. The van der Waals surface area contributed by atoms with Crippen LogP contribution in [0.15, 0.2) is 36.8 Å². The summed E-state index contributed by atoms with van der Waals surface area (Å²) < 4.78 is 2.19. The number of carbonyl (C=O) groups excluding carboxylic acids is 1. The molecule has 98 valence electrons. The van der Waals surface area contributed by atoms with Gasteiger partial charge >= 0.3 is 0 Å². The zero-order valence-electron chi connectivity index (χ0n) is 11.4. The first-order chi connectivity index (χ1) is 9.05. The van der Waals surface area contributed by atoms with Crippen molar-refractivity contribution in [3.8, 4) is 0 Å². The highest BCUT2D eigenvalue weighted by Gasteiger charge is 2.32. The fourth-order valence-electron chi connectivity index (χ4n) is 2.84. The maximum atomic E-state index is 12.1. The lowest BCUT2D eigenvalue weighted by Gasteiger charge is -2.29. The van der Waals surface area contributed by atoms with E-state index >= 15 is 0 Å². The molecule has 1 aliphatic rings. The molecule has 0 saturated carbocycles. The van der Waals surface area contributed by atoms with E-state index in [9.17, 15) is 4.79 Å². The number of rotatable bonds is 2. The fraction of sp³-hybridized carbons (Fsp3) is 0.375. The van der Waals surface area contributed by atoms with Gasteiger partial charge in [-0.15, -0.1) is 0 Å². The Balaban J connectivity index is 1.95. The average Bonchev–Trinajstić information content (AvgIpc) is 2.72. The van der Waals surface area contributed by atoms with Crippen LogP contribution in [0, 0.1) is 5.41 Å². The van der Waals surface area contributed by atoms with Gasteiger partial charge < -0.3 is 4.57 Å². The van der Waals surface area contributed by atoms with E-state index in [1.165, 1.54) is 5.69 Å². The summed E-state index contributed by atoms with van der Waals surface area (Å²) in [5, 5.41) is 0. The van der Waals surface area contributed by atoms with Gasteiger partial charge in [-0.3, -0.25) is 9.78 Å². The fourth-order valence-corrected chi connectivity index (χ4v) is 2.84. The smallest absolute Gasteiger partial charge is 0.165 e. The molecule has 19 heavy (non-hydrogen) atoms. The van der Waals surface area contributed by atoms with E-state index in [0.717, 1.165) is 24.1 Å². The van der Waals surface area contributed by atoms with E-state index in [-0.39, 0.29) is 11.2 Å². The van der Waals surface area contributed by atoms with Crippen molar-refractivity contribution in [2.75, 3.05) is 0 Å². The van der Waals surface area contributed by atoms with Crippen LogP contribution in [-0.4, -0.2) is 15.3 Å². The Hall–Kier alpha value is -1.90. The number of aromatic nitrogens is 2. The third-order valence-corrected chi connectivity index (χ3v) is 3.74. The minimum Gasteiger partial charge on any atom is -0.346 e. The number of fused-ring (bicyclic) bond motifs is 1. The molecule has 0 aromatic carbocycles. The van der Waals surface area contributed by atoms with Gasteiger partial charge in [-0.2, -0.15) is 0 Å². The quantitative estimate of drug-likeness (QED) is 0.825. The van der Waals surface area contributed by atoms with Crippen molar-refractivity contribution in [1.82, 2.24) is 9.55 Å². The van der Waals surface area contributed by atoms with Crippen LogP contribution in [0.1, 0.15) is 41.9 Å². The highest BCUT2D eigenvalue weighted by molar-refractivity contribution is 5.98. The molecule has 0 fully saturated rings. The summed E-state index contributed by atoms with van der Waals surface area (Å²) in [4.78, 5) is 16.3. The predicted molar refractivity (Wildman–Crippen MR) is 74.2 cm³/mol. The number of Topliss-reactive ketones (excluding diaryl/α,β-unsaturated/α-hetero) is 1. The van der Waals surface area contributed by atoms with Crippen LogP contribution in [0.5, 0.6) is 0 Å². The van der Waals surface area contributed by atoms with Gasteiger partial charge in [-0.05, 0) is 29.5 Å². The Kier molecular flexibility index (Phi) is 2.77. The lowest BCUT2D eigenvalue weighted by atomic mass is 9.76. The van der Waals surface area contributed by atoms with Crippen molar-refractivity contribution < 1.29 is 4.79 Å². The Bertz CT molecular complexity index is 611. The second kappa shape index (κ2) is 4.34. The summed E-state index contributed by atoms with van der Waals surface area (Å²) in [5.41, 5.74) is 3.31. The second-order valence-electron chi connectivity index (χ2n) is 6.11. The summed E-state index contributed by atoms with van der Waals surface area (Å²) in [6, 6.07) is 5.97. The van der Waals surface area contributed by atoms with Crippen LogP contribution in [0.25, 0.3) is 0 Å². The number of hydrogen-bond donors (Lipinski definition) is 0. The molecule has 3 rings (SSSR count). The molecule has 0 atom stereocenters. The zero-order valence-corrected chi connectivity index (χ0v) is 11.4. The number of ketones is 1. The second-order valence-corrected chi connectivity index (χ2v) is 6.11. The molecule has 0 saturated heterocycles. The molecule has 3 nitrogen and oxygen atoms in total. The van der Waals surface area contributed by atoms with Crippen molar-refractivity contribution in [2.24, 2.45) is 5.41 Å². The van der Waals surface area contributed by atoms with Gasteiger partial charge in [0.2, 0.25) is 0 Å². The first-order valence-corrected chi connectivity index (χ1v) is 6.65. The van der Waals surface area contributed by atoms with Crippen LogP contribution in [0.3, 0.4) is 0 Å². The molecule has 0 bridgehead atoms. The molecular formula is C16H18N2O. The Morgan fingerprint density at radius 3 is 2.89 bits per heavy atom. The topological polar surface area (TPSA) is 34.9 Å². The van der Waals surface area contributed by atoms with E-state index in [4.69, 9.17) is 0 Å². The largest absolute Gasteiger partial charge is 0.346 e. The summed E-state index contributed by atoms with van der Waals surface area (Å²) in [6.45, 7) is 5.11. The van der Waals surface area contributed by atoms with Crippen LogP contribution in [0.2, 0.25) is 0 Å². The summed E-state index contributed by atoms with van der Waals surface area (Å²) in [7, 11) is 0. The van der Waals surface area contributed by atoms with E-state index in [0.29, 0.717) is 6.42 Å². The van der Waals surface area contributed by atoms with Crippen molar-refractivity contribution in [3.63, 3.8) is 0 Å². The number of nitrogens with zero attached hydrogens (tertiary/aromatic N) is 2. The Labute approximate surface area is 113 Å². The molecule has 2 aromatic rings. The molecule has 3 heteroatoms. The van der Waals surface area contributed by atoms with E-state index in [1.807, 2.05) is 24.5 Å². The van der Waals surface area contributed by atoms with Gasteiger partial charge in [0.1, 0.15) is 0 Å². The molecule has 0 amide bonds. The van der Waals surface area contributed by atoms with Crippen LogP contribution in [-0.2, 0) is 13.0 Å². The lowest BCUT2D eigenvalue weighted by Crippen LogP contribution is -2.28. The number of carbonyl (C=O) groups is 1. The summed E-state index contributed by atoms with van der Waals surface area (Å²) in [6.07, 6.45) is 7.29. The summed E-state index contributed by atoms with van der Waals surface area (Å²) in [5.74, 6) is 0.274. The maximum Gasteiger partial charge on any atom is 0.165 e. The van der Waals surface area contributed by atoms with Crippen LogP contribution in [0.4, 0.5) is 0 Å². The predicted octanol–water partition coefficient (Wildman–Crippen LogP) is 3.09. The van der Waals surface area contributed by atoms with E-state index < -0.39 is 0 Å². The minimum atomic E-state index is 0.0646. The molecule has 0 radical (unpaired) electrons. The molecule has 2 aromatic heterocycles. The van der Waals surface area contributed by atoms with Gasteiger partial charge in [-0.1, -0.05) is 19.9 Å². The van der Waals surface area contributed by atoms with Crippen molar-refractivity contribution in [2.45, 2.75) is 33.2 Å². The number of hydrogen-bond acceptors (Lipinski definition) is 2. The Morgan fingerprint density at radius 2 is 2.16 bits per heavy atom. The first-order valence-electron chi connectivity index (χ1n) is 6.65.